The standard InChI is InChI=1S/C34H20O2/c1-2-11-24(25-14-7-17-32-34(25)27-12-3-4-15-29(27)35-32)23(10-1)22-18-19-30-28(20-22)26-13-5-8-21-9-6-16-31(36-30)33(21)26/h1-20H. The van der Waals surface area contributed by atoms with Gasteiger partial charge in [0.05, 0.1) is 0 Å². The van der Waals surface area contributed by atoms with E-state index in [0.717, 1.165) is 44.6 Å². The first-order valence-electron chi connectivity index (χ1n) is 12.2. The van der Waals surface area contributed by atoms with E-state index in [4.69, 9.17) is 9.15 Å². The van der Waals surface area contributed by atoms with Crippen LogP contribution < -0.4 is 4.74 Å². The van der Waals surface area contributed by atoms with Crippen LogP contribution in [0, 0.1) is 0 Å². The number of para-hydroxylation sites is 1. The van der Waals surface area contributed by atoms with E-state index in [1.54, 1.807) is 0 Å². The third-order valence-corrected chi connectivity index (χ3v) is 7.29. The van der Waals surface area contributed by atoms with E-state index >= 15 is 0 Å². The molecule has 2 nitrogen and oxygen atoms in total. The van der Waals surface area contributed by atoms with Gasteiger partial charge in [0.2, 0.25) is 0 Å². The highest BCUT2D eigenvalue weighted by atomic mass is 16.5. The zero-order valence-electron chi connectivity index (χ0n) is 19.4. The van der Waals surface area contributed by atoms with Crippen LogP contribution in [0.5, 0.6) is 11.5 Å². The van der Waals surface area contributed by atoms with Gasteiger partial charge in [-0.05, 0) is 63.5 Å². The summed E-state index contributed by atoms with van der Waals surface area (Å²) in [5.41, 5.74) is 8.86. The Balaban J connectivity index is 1.37. The minimum atomic E-state index is 0.894. The van der Waals surface area contributed by atoms with E-state index in [0.29, 0.717) is 0 Å². The van der Waals surface area contributed by atoms with Crippen LogP contribution in [-0.2, 0) is 0 Å². The topological polar surface area (TPSA) is 22.4 Å². The number of rotatable bonds is 2. The summed E-state index contributed by atoms with van der Waals surface area (Å²) < 4.78 is 12.5. The van der Waals surface area contributed by atoms with Crippen LogP contribution in [0.25, 0.3) is 66.1 Å². The summed E-state index contributed by atoms with van der Waals surface area (Å²) in [6, 6.07) is 42.5. The number of ether oxygens (including phenoxy) is 1. The molecule has 0 atom stereocenters. The zero-order chi connectivity index (χ0) is 23.6. The van der Waals surface area contributed by atoms with Crippen molar-refractivity contribution in [2.24, 2.45) is 0 Å². The number of fused-ring (bicyclic) bond motifs is 5. The fourth-order valence-corrected chi connectivity index (χ4v) is 5.70. The Hall–Kier alpha value is -4.82. The predicted molar refractivity (Wildman–Crippen MR) is 148 cm³/mol. The third kappa shape index (κ3) is 2.73. The highest BCUT2D eigenvalue weighted by molar-refractivity contribution is 6.13. The quantitative estimate of drug-likeness (QED) is 0.256. The molecule has 2 heteroatoms. The van der Waals surface area contributed by atoms with Gasteiger partial charge in [-0.25, -0.2) is 0 Å². The molecule has 0 spiro atoms. The molecule has 0 amide bonds. The van der Waals surface area contributed by atoms with Gasteiger partial charge in [-0.2, -0.15) is 0 Å². The first kappa shape index (κ1) is 19.5. The Morgan fingerprint density at radius 1 is 0.417 bits per heavy atom. The number of benzene rings is 6. The molecule has 1 aliphatic rings. The lowest BCUT2D eigenvalue weighted by atomic mass is 9.89. The maximum Gasteiger partial charge on any atom is 0.136 e. The van der Waals surface area contributed by atoms with E-state index in [2.05, 4.69) is 103 Å². The van der Waals surface area contributed by atoms with Gasteiger partial charge in [0.25, 0.3) is 0 Å². The summed E-state index contributed by atoms with van der Waals surface area (Å²) in [4.78, 5) is 0. The summed E-state index contributed by atoms with van der Waals surface area (Å²) >= 11 is 0. The van der Waals surface area contributed by atoms with E-state index in [1.165, 1.54) is 33.0 Å². The van der Waals surface area contributed by atoms with Crippen LogP contribution >= 0.6 is 0 Å². The summed E-state index contributed by atoms with van der Waals surface area (Å²) in [7, 11) is 0. The van der Waals surface area contributed by atoms with Crippen LogP contribution in [-0.4, -0.2) is 0 Å². The maximum atomic E-state index is 6.34. The van der Waals surface area contributed by atoms with Gasteiger partial charge >= 0.3 is 0 Å². The van der Waals surface area contributed by atoms with Gasteiger partial charge < -0.3 is 9.15 Å². The second-order valence-electron chi connectivity index (χ2n) is 9.30. The predicted octanol–water partition coefficient (Wildman–Crippen LogP) is 9.85. The lowest BCUT2D eigenvalue weighted by molar-refractivity contribution is 0.487. The first-order chi connectivity index (χ1) is 17.8. The van der Waals surface area contributed by atoms with Crippen LogP contribution in [0.3, 0.4) is 0 Å². The zero-order valence-corrected chi connectivity index (χ0v) is 19.4. The summed E-state index contributed by atoms with van der Waals surface area (Å²) in [5, 5.41) is 4.66. The Labute approximate surface area is 208 Å². The largest absolute Gasteiger partial charge is 0.456 e. The summed E-state index contributed by atoms with van der Waals surface area (Å²) in [5.74, 6) is 1.81. The van der Waals surface area contributed by atoms with Crippen LogP contribution in [0.15, 0.2) is 126 Å². The van der Waals surface area contributed by atoms with Crippen LogP contribution in [0.2, 0.25) is 0 Å². The monoisotopic (exact) mass is 460 g/mol. The molecular weight excluding hydrogens is 440 g/mol. The third-order valence-electron chi connectivity index (χ3n) is 7.29. The molecule has 7 aromatic rings. The minimum absolute atomic E-state index is 0.894. The Morgan fingerprint density at radius 3 is 2.03 bits per heavy atom. The molecule has 168 valence electrons. The molecule has 2 heterocycles. The molecule has 0 unspecified atom stereocenters. The van der Waals surface area contributed by atoms with Gasteiger partial charge in [0, 0.05) is 21.7 Å². The number of furan rings is 1. The van der Waals surface area contributed by atoms with Gasteiger partial charge in [-0.15, -0.1) is 0 Å². The minimum Gasteiger partial charge on any atom is -0.456 e. The molecule has 36 heavy (non-hydrogen) atoms. The fourth-order valence-electron chi connectivity index (χ4n) is 5.70. The highest BCUT2D eigenvalue weighted by Crippen LogP contribution is 2.48. The average Bonchev–Trinajstić information content (AvgIpc) is 3.32. The molecule has 0 fully saturated rings. The van der Waals surface area contributed by atoms with Crippen molar-refractivity contribution in [3.05, 3.63) is 121 Å². The molecule has 6 aromatic carbocycles. The number of hydrogen-bond donors (Lipinski definition) is 0. The molecule has 0 bridgehead atoms. The molecule has 8 rings (SSSR count). The normalized spacial score (nSPS) is 12.1. The SMILES string of the molecule is c1ccc(-c2cccc3oc4ccccc4c23)c(-c2ccc3c(c2)-c2cccc4cccc(c24)O3)c1. The maximum absolute atomic E-state index is 6.34. The molecule has 1 aromatic heterocycles. The van der Waals surface area contributed by atoms with Crippen LogP contribution in [0.1, 0.15) is 0 Å². The van der Waals surface area contributed by atoms with Gasteiger partial charge in [-0.3, -0.25) is 0 Å². The lowest BCUT2D eigenvalue weighted by Gasteiger charge is -2.22. The van der Waals surface area contributed by atoms with Crippen LogP contribution in [0.4, 0.5) is 0 Å². The average molecular weight is 461 g/mol. The number of hydrogen-bond acceptors (Lipinski definition) is 2. The smallest absolute Gasteiger partial charge is 0.136 e. The van der Waals surface area contributed by atoms with Gasteiger partial charge in [0.1, 0.15) is 22.7 Å². The second-order valence-corrected chi connectivity index (χ2v) is 9.30. The van der Waals surface area contributed by atoms with Crippen molar-refractivity contribution < 1.29 is 9.15 Å². The molecule has 1 aliphatic heterocycles. The Kier molecular flexibility index (Phi) is 3.97. The lowest BCUT2D eigenvalue weighted by Crippen LogP contribution is -1.97. The van der Waals surface area contributed by atoms with E-state index < -0.39 is 0 Å². The van der Waals surface area contributed by atoms with Gasteiger partial charge in [-0.1, -0.05) is 91.0 Å². The fraction of sp³-hybridized carbons (Fsp3) is 0. The molecule has 0 radical (unpaired) electrons. The van der Waals surface area contributed by atoms with Crippen molar-refractivity contribution in [2.75, 3.05) is 0 Å². The van der Waals surface area contributed by atoms with E-state index in [9.17, 15) is 0 Å². The van der Waals surface area contributed by atoms with E-state index in [-0.39, 0.29) is 0 Å². The Bertz CT molecular complexity index is 1970. The summed E-state index contributed by atoms with van der Waals surface area (Å²) in [6.07, 6.45) is 0. The molecule has 0 saturated heterocycles. The first-order valence-corrected chi connectivity index (χ1v) is 12.2. The van der Waals surface area contributed by atoms with Gasteiger partial charge in [0.15, 0.2) is 0 Å². The molecule has 0 aliphatic carbocycles. The van der Waals surface area contributed by atoms with Crippen molar-refractivity contribution >= 4 is 32.7 Å². The van der Waals surface area contributed by atoms with E-state index in [1.807, 2.05) is 18.2 Å². The highest BCUT2D eigenvalue weighted by Gasteiger charge is 2.21. The molecular formula is C34H20O2. The summed E-state index contributed by atoms with van der Waals surface area (Å²) in [6.45, 7) is 0. The van der Waals surface area contributed by atoms with Crippen molar-refractivity contribution in [3.8, 4) is 44.9 Å². The van der Waals surface area contributed by atoms with Crippen molar-refractivity contribution in [3.63, 3.8) is 0 Å². The van der Waals surface area contributed by atoms with Crippen molar-refractivity contribution in [1.82, 2.24) is 0 Å². The van der Waals surface area contributed by atoms with Crippen molar-refractivity contribution in [1.29, 1.82) is 0 Å². The Morgan fingerprint density at radius 2 is 1.11 bits per heavy atom. The molecule has 0 N–H and O–H groups in total. The molecule has 0 saturated carbocycles. The second kappa shape index (κ2) is 7.34. The van der Waals surface area contributed by atoms with Crippen molar-refractivity contribution in [2.45, 2.75) is 0 Å².